The number of nitrogens with one attached hydrogen (secondary N) is 1. The van der Waals surface area contributed by atoms with Crippen molar-refractivity contribution >= 4 is 23.7 Å². The van der Waals surface area contributed by atoms with Crippen LogP contribution < -0.4 is 16.3 Å². The third kappa shape index (κ3) is 2.31. The molecule has 0 aliphatic heterocycles. The maximum absolute atomic E-state index is 11.6. The number of pyridine rings is 1. The first-order valence-corrected chi connectivity index (χ1v) is 5.04. The van der Waals surface area contributed by atoms with Crippen LogP contribution >= 0.6 is 11.9 Å². The summed E-state index contributed by atoms with van der Waals surface area (Å²) in [4.78, 5) is 25.6. The van der Waals surface area contributed by atoms with E-state index in [0.717, 1.165) is 0 Å². The zero-order valence-corrected chi connectivity index (χ0v) is 8.89. The molecule has 1 aromatic heterocycles. The number of aromatic amines is 1. The van der Waals surface area contributed by atoms with Gasteiger partial charge in [-0.25, -0.2) is 4.79 Å². The van der Waals surface area contributed by atoms with Crippen LogP contribution in [0.2, 0.25) is 0 Å². The number of esters is 1. The van der Waals surface area contributed by atoms with Gasteiger partial charge >= 0.3 is 5.97 Å². The highest BCUT2D eigenvalue weighted by atomic mass is 32.2. The summed E-state index contributed by atoms with van der Waals surface area (Å²) in [6, 6.07) is 0. The van der Waals surface area contributed by atoms with E-state index in [1.54, 1.807) is 6.92 Å². The molecule has 0 amide bonds. The summed E-state index contributed by atoms with van der Waals surface area (Å²) in [6.45, 7) is 1.86. The lowest BCUT2D eigenvalue weighted by Crippen LogP contribution is -2.21. The van der Waals surface area contributed by atoms with Crippen LogP contribution in [0.3, 0.4) is 0 Å². The van der Waals surface area contributed by atoms with Crippen molar-refractivity contribution < 1.29 is 9.53 Å². The van der Waals surface area contributed by atoms with Gasteiger partial charge in [-0.05, 0) is 18.9 Å². The Hall–Kier alpha value is -1.47. The molecule has 0 radical (unpaired) electrons. The van der Waals surface area contributed by atoms with Crippen LogP contribution in [-0.4, -0.2) is 17.6 Å². The van der Waals surface area contributed by atoms with Crippen LogP contribution in [0.1, 0.15) is 17.3 Å². The molecule has 1 heterocycles. The summed E-state index contributed by atoms with van der Waals surface area (Å²) in [5.74, 6) is -0.547. The van der Waals surface area contributed by atoms with E-state index in [4.69, 9.17) is 15.6 Å². The highest BCUT2D eigenvalue weighted by molar-refractivity contribution is 7.97. The molecule has 6 nitrogen and oxygen atoms in total. The van der Waals surface area contributed by atoms with E-state index in [1.165, 1.54) is 6.20 Å². The van der Waals surface area contributed by atoms with Crippen molar-refractivity contribution in [2.75, 3.05) is 12.3 Å². The Morgan fingerprint density at radius 1 is 1.67 bits per heavy atom. The van der Waals surface area contributed by atoms with Crippen LogP contribution in [0.15, 0.2) is 15.9 Å². The predicted octanol–water partition coefficient (Wildman–Crippen LogP) is 0.0996. The smallest absolute Gasteiger partial charge is 0.343 e. The maximum atomic E-state index is 11.6. The molecule has 7 heteroatoms. The zero-order valence-electron chi connectivity index (χ0n) is 8.07. The standard InChI is InChI=1S/C8H11N3O3S/c1-2-14-8(13)4-3-11-7(9)6(15-10)5(4)12/h3H,2,10H2,1H3,(H3,9,11,12). The number of H-pyrrole nitrogens is 1. The summed E-state index contributed by atoms with van der Waals surface area (Å²) >= 11 is 0.695. The third-order valence-corrected chi connectivity index (χ3v) is 2.32. The molecule has 1 aromatic rings. The molecular formula is C8H11N3O3S. The molecule has 0 aliphatic rings. The summed E-state index contributed by atoms with van der Waals surface area (Å²) in [5.41, 5.74) is 4.85. The molecule has 0 saturated heterocycles. The minimum absolute atomic E-state index is 0.0981. The first kappa shape index (κ1) is 11.6. The number of carbonyl (C=O) groups is 1. The largest absolute Gasteiger partial charge is 0.462 e. The van der Waals surface area contributed by atoms with Crippen molar-refractivity contribution in [3.63, 3.8) is 0 Å². The van der Waals surface area contributed by atoms with E-state index in [0.29, 0.717) is 11.9 Å². The van der Waals surface area contributed by atoms with Crippen molar-refractivity contribution in [1.82, 2.24) is 4.98 Å². The lowest BCUT2D eigenvalue weighted by Gasteiger charge is -2.04. The lowest BCUT2D eigenvalue weighted by molar-refractivity contribution is 0.0524. The Bertz CT molecular complexity index is 430. The van der Waals surface area contributed by atoms with Gasteiger partial charge in [0.05, 0.1) is 6.61 Å². The minimum atomic E-state index is -0.686. The number of nitrogens with two attached hydrogens (primary N) is 2. The molecule has 5 N–H and O–H groups in total. The number of rotatable bonds is 3. The molecule has 0 atom stereocenters. The fourth-order valence-electron chi connectivity index (χ4n) is 1.00. The van der Waals surface area contributed by atoms with Crippen molar-refractivity contribution in [2.24, 2.45) is 5.14 Å². The van der Waals surface area contributed by atoms with Gasteiger partial charge in [-0.15, -0.1) is 0 Å². The van der Waals surface area contributed by atoms with Gasteiger partial charge in [0.25, 0.3) is 0 Å². The molecule has 0 bridgehead atoms. The van der Waals surface area contributed by atoms with Gasteiger partial charge < -0.3 is 15.5 Å². The number of ether oxygens (including phenoxy) is 1. The van der Waals surface area contributed by atoms with E-state index in [-0.39, 0.29) is 22.9 Å². The van der Waals surface area contributed by atoms with Gasteiger partial charge in [0, 0.05) is 6.20 Å². The second-order valence-corrected chi connectivity index (χ2v) is 3.26. The van der Waals surface area contributed by atoms with E-state index < -0.39 is 11.4 Å². The molecule has 0 aromatic carbocycles. The molecule has 0 fully saturated rings. The van der Waals surface area contributed by atoms with Gasteiger partial charge in [-0.3, -0.25) is 9.93 Å². The van der Waals surface area contributed by atoms with Gasteiger partial charge in [0.1, 0.15) is 16.3 Å². The monoisotopic (exact) mass is 229 g/mol. The van der Waals surface area contributed by atoms with Gasteiger partial charge in [0.15, 0.2) is 0 Å². The number of carbonyl (C=O) groups excluding carboxylic acids is 1. The lowest BCUT2D eigenvalue weighted by atomic mass is 10.2. The number of anilines is 1. The summed E-state index contributed by atoms with van der Waals surface area (Å²) in [7, 11) is 0. The van der Waals surface area contributed by atoms with Crippen LogP contribution in [0, 0.1) is 0 Å². The van der Waals surface area contributed by atoms with Crippen LogP contribution in [0.5, 0.6) is 0 Å². The molecular weight excluding hydrogens is 218 g/mol. The van der Waals surface area contributed by atoms with Crippen molar-refractivity contribution in [2.45, 2.75) is 11.8 Å². The highest BCUT2D eigenvalue weighted by Crippen LogP contribution is 2.13. The number of hydrogen-bond donors (Lipinski definition) is 3. The van der Waals surface area contributed by atoms with Crippen LogP contribution in [0.4, 0.5) is 5.82 Å². The van der Waals surface area contributed by atoms with Crippen LogP contribution in [-0.2, 0) is 4.74 Å². The maximum Gasteiger partial charge on any atom is 0.343 e. The first-order valence-electron chi connectivity index (χ1n) is 4.16. The summed E-state index contributed by atoms with van der Waals surface area (Å²) < 4.78 is 4.70. The second-order valence-electron chi connectivity index (χ2n) is 2.61. The molecule has 15 heavy (non-hydrogen) atoms. The van der Waals surface area contributed by atoms with Gasteiger partial charge in [0.2, 0.25) is 5.43 Å². The Morgan fingerprint density at radius 2 is 2.33 bits per heavy atom. The zero-order chi connectivity index (χ0) is 11.4. The Balaban J connectivity index is 3.22. The topological polar surface area (TPSA) is 111 Å². The number of aromatic nitrogens is 1. The van der Waals surface area contributed by atoms with E-state index >= 15 is 0 Å². The molecule has 0 unspecified atom stereocenters. The molecule has 82 valence electrons. The van der Waals surface area contributed by atoms with E-state index in [2.05, 4.69) is 4.98 Å². The molecule has 0 spiro atoms. The average molecular weight is 229 g/mol. The number of nitrogen functional groups attached to an aromatic ring is 1. The van der Waals surface area contributed by atoms with Crippen molar-refractivity contribution in [1.29, 1.82) is 0 Å². The molecule has 1 rings (SSSR count). The Kier molecular flexibility index (Phi) is 3.75. The Labute approximate surface area is 90.1 Å². The summed E-state index contributed by atoms with van der Waals surface area (Å²) in [5, 5.41) is 5.26. The minimum Gasteiger partial charge on any atom is -0.462 e. The highest BCUT2D eigenvalue weighted by Gasteiger charge is 2.16. The fraction of sp³-hybridized carbons (Fsp3) is 0.250. The quantitative estimate of drug-likeness (QED) is 0.500. The van der Waals surface area contributed by atoms with Crippen LogP contribution in [0.25, 0.3) is 0 Å². The van der Waals surface area contributed by atoms with Crippen molar-refractivity contribution in [3.05, 3.63) is 22.0 Å². The van der Waals surface area contributed by atoms with Crippen molar-refractivity contribution in [3.8, 4) is 0 Å². The van der Waals surface area contributed by atoms with E-state index in [1.807, 2.05) is 0 Å². The fourth-order valence-corrected chi connectivity index (χ4v) is 1.41. The second kappa shape index (κ2) is 4.85. The van der Waals surface area contributed by atoms with E-state index in [9.17, 15) is 9.59 Å². The molecule has 0 saturated carbocycles. The average Bonchev–Trinajstić information content (AvgIpc) is 2.18. The Morgan fingerprint density at radius 3 is 2.87 bits per heavy atom. The third-order valence-electron chi connectivity index (χ3n) is 1.68. The van der Waals surface area contributed by atoms with Gasteiger partial charge in [-0.1, -0.05) is 0 Å². The normalized spacial score (nSPS) is 10.0. The van der Waals surface area contributed by atoms with Gasteiger partial charge in [-0.2, -0.15) is 0 Å². The first-order chi connectivity index (χ1) is 7.11. The number of hydrogen-bond acceptors (Lipinski definition) is 6. The predicted molar refractivity (Wildman–Crippen MR) is 57.5 cm³/mol. The summed E-state index contributed by atoms with van der Waals surface area (Å²) in [6.07, 6.45) is 1.22. The molecule has 0 aliphatic carbocycles. The SMILES string of the molecule is CCOC(=O)c1c[nH]c(N)c(SN)c1=O.